The van der Waals surface area contributed by atoms with Crippen molar-refractivity contribution >= 4 is 45.6 Å². The zero-order valence-corrected chi connectivity index (χ0v) is 15.6. The van der Waals surface area contributed by atoms with E-state index in [4.69, 9.17) is 4.42 Å². The van der Waals surface area contributed by atoms with Gasteiger partial charge in [-0.15, -0.1) is 0 Å². The van der Waals surface area contributed by atoms with Crippen LogP contribution in [0.1, 0.15) is 5.56 Å². The van der Waals surface area contributed by atoms with Crippen LogP contribution < -0.4 is 0 Å². The van der Waals surface area contributed by atoms with E-state index in [1.807, 2.05) is 36.4 Å². The summed E-state index contributed by atoms with van der Waals surface area (Å²) in [6.07, 6.45) is 1.53. The molecule has 3 aromatic carbocycles. The van der Waals surface area contributed by atoms with E-state index in [1.54, 1.807) is 12.1 Å². The molecule has 1 heterocycles. The molecule has 0 aliphatic heterocycles. The van der Waals surface area contributed by atoms with Crippen LogP contribution in [0.5, 0.6) is 11.5 Å². The molecule has 26 heavy (non-hydrogen) atoms. The second-order valence-corrected chi connectivity index (χ2v) is 6.93. The zero-order chi connectivity index (χ0) is 18.1. The molecule has 5 nitrogen and oxygen atoms in total. The molecule has 0 saturated heterocycles. The van der Waals surface area contributed by atoms with Crippen LogP contribution in [0.4, 0.5) is 5.69 Å². The summed E-state index contributed by atoms with van der Waals surface area (Å²) in [4.78, 5) is 8.88. The Bertz CT molecular complexity index is 1140. The van der Waals surface area contributed by atoms with Gasteiger partial charge in [-0.3, -0.25) is 4.99 Å². The average Bonchev–Trinajstić information content (AvgIpc) is 3.04. The van der Waals surface area contributed by atoms with E-state index in [2.05, 4.69) is 32.6 Å². The highest BCUT2D eigenvalue weighted by atomic mass is 127. The number of aliphatic imine (C=N–C) groups is 1. The number of aromatic hydroxyl groups is 2. The molecule has 0 spiro atoms. The second-order valence-electron chi connectivity index (χ2n) is 5.68. The first-order chi connectivity index (χ1) is 12.6. The fraction of sp³-hybridized carbons (Fsp3) is 0. The van der Waals surface area contributed by atoms with Crippen molar-refractivity contribution in [1.29, 1.82) is 0 Å². The topological polar surface area (TPSA) is 78.9 Å². The summed E-state index contributed by atoms with van der Waals surface area (Å²) in [6.45, 7) is 0. The number of halogens is 1. The predicted molar refractivity (Wildman–Crippen MR) is 109 cm³/mol. The monoisotopic (exact) mass is 456 g/mol. The fourth-order valence-electron chi connectivity index (χ4n) is 2.52. The Morgan fingerprint density at radius 1 is 1.00 bits per heavy atom. The number of nitrogens with zero attached hydrogens (tertiary/aromatic N) is 2. The Morgan fingerprint density at radius 2 is 1.88 bits per heavy atom. The van der Waals surface area contributed by atoms with Gasteiger partial charge in [-0.2, -0.15) is 0 Å². The van der Waals surface area contributed by atoms with E-state index >= 15 is 0 Å². The predicted octanol–water partition coefficient (Wildman–Crippen LogP) is 5.26. The van der Waals surface area contributed by atoms with Crippen LogP contribution in [0.15, 0.2) is 70.1 Å². The number of phenolic OH excluding ortho intramolecular Hbond substituents is 2. The van der Waals surface area contributed by atoms with Crippen molar-refractivity contribution in [2.45, 2.75) is 0 Å². The van der Waals surface area contributed by atoms with Gasteiger partial charge in [0.25, 0.3) is 0 Å². The van der Waals surface area contributed by atoms with Crippen molar-refractivity contribution in [3.63, 3.8) is 0 Å². The zero-order valence-electron chi connectivity index (χ0n) is 13.4. The van der Waals surface area contributed by atoms with Crippen LogP contribution in [0.3, 0.4) is 0 Å². The van der Waals surface area contributed by atoms with Gasteiger partial charge in [-0.05, 0) is 65.1 Å². The third kappa shape index (κ3) is 3.41. The number of benzene rings is 3. The van der Waals surface area contributed by atoms with Crippen LogP contribution in [0.2, 0.25) is 0 Å². The quantitative estimate of drug-likeness (QED) is 0.326. The summed E-state index contributed by atoms with van der Waals surface area (Å²) in [5.74, 6) is 0.539. The molecular weight excluding hydrogens is 443 g/mol. The van der Waals surface area contributed by atoms with E-state index < -0.39 is 0 Å². The lowest BCUT2D eigenvalue weighted by Gasteiger charge is -1.99. The molecule has 0 aliphatic rings. The normalized spacial score (nSPS) is 11.4. The lowest BCUT2D eigenvalue weighted by atomic mass is 10.2. The highest BCUT2D eigenvalue weighted by molar-refractivity contribution is 14.1. The minimum atomic E-state index is -0.0320. The summed E-state index contributed by atoms with van der Waals surface area (Å²) >= 11 is 2.25. The standard InChI is InChI=1S/C20H13IN2O3/c21-14-3-1-2-12(8-14)20-23-17-7-5-15(9-19(17)26-20)22-11-13-4-6-16(24)10-18(13)25/h1-11,24-25H. The van der Waals surface area contributed by atoms with Crippen molar-refractivity contribution < 1.29 is 14.6 Å². The lowest BCUT2D eigenvalue weighted by molar-refractivity contribution is 0.450. The van der Waals surface area contributed by atoms with E-state index in [9.17, 15) is 10.2 Å². The molecule has 4 aromatic rings. The van der Waals surface area contributed by atoms with Gasteiger partial charge in [0.15, 0.2) is 5.58 Å². The number of aromatic nitrogens is 1. The van der Waals surface area contributed by atoms with Gasteiger partial charge in [0, 0.05) is 33.0 Å². The third-order valence-corrected chi connectivity index (χ3v) is 4.48. The molecule has 0 atom stereocenters. The number of phenols is 2. The van der Waals surface area contributed by atoms with E-state index in [1.165, 1.54) is 18.3 Å². The fourth-order valence-corrected chi connectivity index (χ4v) is 3.07. The first kappa shape index (κ1) is 16.6. The van der Waals surface area contributed by atoms with Crippen LogP contribution in [-0.2, 0) is 0 Å². The molecule has 0 bridgehead atoms. The van der Waals surface area contributed by atoms with Crippen molar-refractivity contribution in [2.75, 3.05) is 0 Å². The number of rotatable bonds is 3. The van der Waals surface area contributed by atoms with Crippen LogP contribution >= 0.6 is 22.6 Å². The Labute approximate surface area is 162 Å². The van der Waals surface area contributed by atoms with Crippen molar-refractivity contribution in [2.24, 2.45) is 4.99 Å². The molecule has 0 unspecified atom stereocenters. The number of oxazole rings is 1. The summed E-state index contributed by atoms with van der Waals surface area (Å²) in [7, 11) is 0. The van der Waals surface area contributed by atoms with Crippen molar-refractivity contribution in [3.05, 3.63) is 69.8 Å². The molecule has 6 heteroatoms. The van der Waals surface area contributed by atoms with Crippen LogP contribution in [0.25, 0.3) is 22.6 Å². The molecular formula is C20H13IN2O3. The molecule has 0 aliphatic carbocycles. The Kier molecular flexibility index (Phi) is 4.34. The molecule has 0 amide bonds. The van der Waals surface area contributed by atoms with Gasteiger partial charge < -0.3 is 14.6 Å². The van der Waals surface area contributed by atoms with Crippen LogP contribution in [0, 0.1) is 3.57 Å². The number of hydrogen-bond acceptors (Lipinski definition) is 5. The first-order valence-electron chi connectivity index (χ1n) is 7.81. The lowest BCUT2D eigenvalue weighted by Crippen LogP contribution is -1.81. The summed E-state index contributed by atoms with van der Waals surface area (Å²) in [5, 5.41) is 19.1. The summed E-state index contributed by atoms with van der Waals surface area (Å²) in [5.41, 5.74) is 3.51. The Morgan fingerprint density at radius 3 is 2.69 bits per heavy atom. The molecule has 4 rings (SSSR count). The second kappa shape index (κ2) is 6.80. The van der Waals surface area contributed by atoms with E-state index in [0.29, 0.717) is 22.7 Å². The van der Waals surface area contributed by atoms with Gasteiger partial charge in [0.2, 0.25) is 5.89 Å². The third-order valence-electron chi connectivity index (χ3n) is 3.81. The van der Waals surface area contributed by atoms with E-state index in [-0.39, 0.29) is 11.5 Å². The SMILES string of the molecule is Oc1ccc(C=Nc2ccc3nc(-c4cccc(I)c4)oc3c2)c(O)c1. The van der Waals surface area contributed by atoms with E-state index in [0.717, 1.165) is 14.7 Å². The minimum absolute atomic E-state index is 0.00540. The van der Waals surface area contributed by atoms with Gasteiger partial charge in [0.1, 0.15) is 17.0 Å². The van der Waals surface area contributed by atoms with Crippen LogP contribution in [-0.4, -0.2) is 21.4 Å². The summed E-state index contributed by atoms with van der Waals surface area (Å²) in [6, 6.07) is 17.8. The molecule has 128 valence electrons. The van der Waals surface area contributed by atoms with Gasteiger partial charge in [-0.25, -0.2) is 4.98 Å². The van der Waals surface area contributed by atoms with Gasteiger partial charge in [0.05, 0.1) is 5.69 Å². The molecule has 0 radical (unpaired) electrons. The average molecular weight is 456 g/mol. The Balaban J connectivity index is 1.66. The summed E-state index contributed by atoms with van der Waals surface area (Å²) < 4.78 is 6.98. The Hall–Kier alpha value is -2.87. The molecule has 1 aromatic heterocycles. The minimum Gasteiger partial charge on any atom is -0.508 e. The highest BCUT2D eigenvalue weighted by Crippen LogP contribution is 2.28. The molecule has 0 saturated carbocycles. The maximum Gasteiger partial charge on any atom is 0.227 e. The number of hydrogen-bond donors (Lipinski definition) is 2. The van der Waals surface area contributed by atoms with Gasteiger partial charge >= 0.3 is 0 Å². The maximum absolute atomic E-state index is 9.81. The van der Waals surface area contributed by atoms with Crippen molar-refractivity contribution in [3.8, 4) is 23.0 Å². The maximum atomic E-state index is 9.81. The highest BCUT2D eigenvalue weighted by Gasteiger charge is 2.09. The smallest absolute Gasteiger partial charge is 0.227 e. The first-order valence-corrected chi connectivity index (χ1v) is 8.89. The largest absolute Gasteiger partial charge is 0.508 e. The van der Waals surface area contributed by atoms with Crippen molar-refractivity contribution in [1.82, 2.24) is 4.98 Å². The molecule has 2 N–H and O–H groups in total. The molecule has 0 fully saturated rings. The van der Waals surface area contributed by atoms with Gasteiger partial charge in [-0.1, -0.05) is 6.07 Å². The number of fused-ring (bicyclic) bond motifs is 1.